The molecular weight excluding hydrogens is 352 g/mol. The number of fused-ring (bicyclic) bond motifs is 2. The lowest BCUT2D eigenvalue weighted by molar-refractivity contribution is 0.0857. The third-order valence-electron chi connectivity index (χ3n) is 4.94. The van der Waals surface area contributed by atoms with Crippen molar-refractivity contribution in [2.24, 2.45) is 5.41 Å². The Balaban J connectivity index is 1.76. The molecule has 4 rings (SSSR count). The van der Waals surface area contributed by atoms with E-state index in [4.69, 9.17) is 5.73 Å². The maximum absolute atomic E-state index is 13.0. The minimum atomic E-state index is -0.570. The molecule has 0 saturated heterocycles. The van der Waals surface area contributed by atoms with E-state index in [1.165, 1.54) is 6.07 Å². The lowest BCUT2D eigenvalue weighted by Crippen LogP contribution is -2.29. The zero-order valence-corrected chi connectivity index (χ0v) is 15.9. The van der Waals surface area contributed by atoms with Crippen LogP contribution in [0.5, 0.6) is 0 Å². The number of nitrogens with zero attached hydrogens (tertiary/aromatic N) is 1. The fraction of sp³-hybridized carbons (Fsp3) is 0.174. The maximum Gasteiger partial charge on any atom is 0.266 e. The Morgan fingerprint density at radius 3 is 2.18 bits per heavy atom. The van der Waals surface area contributed by atoms with Crippen LogP contribution in [0.3, 0.4) is 0 Å². The lowest BCUT2D eigenvalue weighted by atomic mass is 9.85. The summed E-state index contributed by atoms with van der Waals surface area (Å²) in [6.07, 6.45) is 0. The minimum Gasteiger partial charge on any atom is -0.399 e. The van der Waals surface area contributed by atoms with Crippen molar-refractivity contribution in [3.63, 3.8) is 0 Å². The Kier molecular flexibility index (Phi) is 3.85. The summed E-state index contributed by atoms with van der Waals surface area (Å²) < 4.78 is 0. The van der Waals surface area contributed by atoms with Crippen molar-refractivity contribution >= 4 is 39.7 Å². The number of rotatable bonds is 2. The van der Waals surface area contributed by atoms with Crippen molar-refractivity contribution in [1.29, 1.82) is 0 Å². The van der Waals surface area contributed by atoms with Crippen LogP contribution >= 0.6 is 0 Å². The van der Waals surface area contributed by atoms with Crippen molar-refractivity contribution in [3.8, 4) is 0 Å². The van der Waals surface area contributed by atoms with Gasteiger partial charge in [0.15, 0.2) is 5.78 Å². The van der Waals surface area contributed by atoms with Crippen LogP contribution < -0.4 is 10.6 Å². The van der Waals surface area contributed by atoms with Gasteiger partial charge in [0, 0.05) is 16.7 Å². The summed E-state index contributed by atoms with van der Waals surface area (Å²) in [5.74, 6) is -0.875. The Morgan fingerprint density at radius 1 is 0.821 bits per heavy atom. The average Bonchev–Trinajstić information content (AvgIpc) is 2.90. The number of imide groups is 1. The summed E-state index contributed by atoms with van der Waals surface area (Å²) >= 11 is 0. The molecule has 28 heavy (non-hydrogen) atoms. The summed E-state index contributed by atoms with van der Waals surface area (Å²) in [5.41, 5.74) is 7.39. The van der Waals surface area contributed by atoms with Crippen molar-refractivity contribution < 1.29 is 14.4 Å². The van der Waals surface area contributed by atoms with E-state index in [-0.39, 0.29) is 17.3 Å². The number of amides is 2. The van der Waals surface area contributed by atoms with Gasteiger partial charge >= 0.3 is 0 Å². The van der Waals surface area contributed by atoms with Gasteiger partial charge in [0.1, 0.15) is 0 Å². The van der Waals surface area contributed by atoms with Crippen LogP contribution in [0.4, 0.5) is 11.4 Å². The highest BCUT2D eigenvalue weighted by Crippen LogP contribution is 2.32. The fourth-order valence-corrected chi connectivity index (χ4v) is 3.44. The van der Waals surface area contributed by atoms with Gasteiger partial charge in [-0.1, -0.05) is 39.0 Å². The number of hydrogen-bond donors (Lipinski definition) is 1. The molecule has 0 radical (unpaired) electrons. The predicted octanol–water partition coefficient (Wildman–Crippen LogP) is 4.45. The number of anilines is 2. The molecule has 1 aliphatic rings. The molecule has 5 heteroatoms. The number of carbonyl (C=O) groups excluding carboxylic acids is 3. The first-order valence-electron chi connectivity index (χ1n) is 9.04. The Bertz CT molecular complexity index is 1170. The molecule has 0 fully saturated rings. The van der Waals surface area contributed by atoms with Gasteiger partial charge in [-0.05, 0) is 47.2 Å². The number of benzene rings is 3. The van der Waals surface area contributed by atoms with E-state index >= 15 is 0 Å². The van der Waals surface area contributed by atoms with Gasteiger partial charge in [-0.3, -0.25) is 14.4 Å². The number of nitrogens with two attached hydrogens (primary N) is 1. The zero-order chi connectivity index (χ0) is 20.2. The van der Waals surface area contributed by atoms with E-state index < -0.39 is 11.3 Å². The number of hydrogen-bond acceptors (Lipinski definition) is 4. The molecular formula is C23H20N2O3. The van der Waals surface area contributed by atoms with Gasteiger partial charge in [0.05, 0.1) is 16.8 Å². The van der Waals surface area contributed by atoms with Gasteiger partial charge in [-0.2, -0.15) is 0 Å². The molecule has 0 spiro atoms. The second kappa shape index (κ2) is 6.02. The lowest BCUT2D eigenvalue weighted by Gasteiger charge is -2.16. The predicted molar refractivity (Wildman–Crippen MR) is 110 cm³/mol. The summed E-state index contributed by atoms with van der Waals surface area (Å²) in [5, 5.41) is 1.81. The molecule has 0 aliphatic carbocycles. The second-order valence-electron chi connectivity index (χ2n) is 8.08. The molecule has 2 N–H and O–H groups in total. The molecule has 140 valence electrons. The Labute approximate surface area is 162 Å². The van der Waals surface area contributed by atoms with E-state index in [0.717, 1.165) is 15.7 Å². The number of Topliss-reactive ketones (excluding diaryl/α,β-unsaturated/α-hetero) is 1. The van der Waals surface area contributed by atoms with Crippen LogP contribution in [-0.2, 0) is 0 Å². The standard InChI is InChI=1S/C23H20N2O3/c1-23(2,3)20(26)15-6-9-18-19(12-15)22(28)25(21(18)27)17-8-5-13-10-16(24)7-4-14(13)11-17/h4-12H,24H2,1-3H3. The molecule has 3 aromatic carbocycles. The first-order valence-corrected chi connectivity index (χ1v) is 9.04. The summed E-state index contributed by atoms with van der Waals surface area (Å²) in [6.45, 7) is 5.47. The Hall–Kier alpha value is -3.47. The quantitative estimate of drug-likeness (QED) is 0.409. The molecule has 0 aromatic heterocycles. The van der Waals surface area contributed by atoms with Gasteiger partial charge in [-0.25, -0.2) is 4.90 Å². The number of ketones is 1. The fourth-order valence-electron chi connectivity index (χ4n) is 3.44. The molecule has 0 unspecified atom stereocenters. The van der Waals surface area contributed by atoms with E-state index in [2.05, 4.69) is 0 Å². The third-order valence-corrected chi connectivity index (χ3v) is 4.94. The smallest absolute Gasteiger partial charge is 0.266 e. The molecule has 1 heterocycles. The largest absolute Gasteiger partial charge is 0.399 e. The molecule has 0 bridgehead atoms. The second-order valence-corrected chi connectivity index (χ2v) is 8.08. The van der Waals surface area contributed by atoms with E-state index in [1.54, 1.807) is 30.3 Å². The number of carbonyl (C=O) groups is 3. The SMILES string of the molecule is CC(C)(C)C(=O)c1ccc2c(c1)C(=O)N(c1ccc3cc(N)ccc3c1)C2=O. The van der Waals surface area contributed by atoms with Gasteiger partial charge in [0.25, 0.3) is 11.8 Å². The van der Waals surface area contributed by atoms with Crippen molar-refractivity contribution in [2.75, 3.05) is 10.6 Å². The third kappa shape index (κ3) is 2.76. The first kappa shape index (κ1) is 17.9. The molecule has 5 nitrogen and oxygen atoms in total. The number of nitrogen functional groups attached to an aromatic ring is 1. The summed E-state index contributed by atoms with van der Waals surface area (Å²) in [6, 6.07) is 15.5. The van der Waals surface area contributed by atoms with Crippen molar-refractivity contribution in [3.05, 3.63) is 71.3 Å². The van der Waals surface area contributed by atoms with E-state index in [1.807, 2.05) is 39.0 Å². The van der Waals surface area contributed by atoms with Gasteiger partial charge in [0.2, 0.25) is 0 Å². The zero-order valence-electron chi connectivity index (χ0n) is 15.9. The van der Waals surface area contributed by atoms with Crippen molar-refractivity contribution in [2.45, 2.75) is 20.8 Å². The Morgan fingerprint density at radius 2 is 1.46 bits per heavy atom. The van der Waals surface area contributed by atoms with Crippen LogP contribution in [0.1, 0.15) is 51.8 Å². The summed E-state index contributed by atoms with van der Waals surface area (Å²) in [7, 11) is 0. The van der Waals surface area contributed by atoms with Gasteiger partial charge in [-0.15, -0.1) is 0 Å². The van der Waals surface area contributed by atoms with Crippen LogP contribution in [0, 0.1) is 5.41 Å². The minimum absolute atomic E-state index is 0.0720. The normalized spacial score (nSPS) is 13.9. The molecule has 2 amide bonds. The molecule has 0 atom stereocenters. The topological polar surface area (TPSA) is 80.5 Å². The maximum atomic E-state index is 13.0. The molecule has 1 aliphatic heterocycles. The summed E-state index contributed by atoms with van der Waals surface area (Å²) in [4.78, 5) is 39.6. The highest BCUT2D eigenvalue weighted by molar-refractivity contribution is 6.35. The average molecular weight is 372 g/mol. The van der Waals surface area contributed by atoms with Crippen LogP contribution in [0.2, 0.25) is 0 Å². The van der Waals surface area contributed by atoms with Crippen LogP contribution in [0.15, 0.2) is 54.6 Å². The van der Waals surface area contributed by atoms with Crippen LogP contribution in [0.25, 0.3) is 10.8 Å². The van der Waals surface area contributed by atoms with E-state index in [0.29, 0.717) is 22.5 Å². The van der Waals surface area contributed by atoms with Gasteiger partial charge < -0.3 is 5.73 Å². The van der Waals surface area contributed by atoms with Crippen molar-refractivity contribution in [1.82, 2.24) is 0 Å². The highest BCUT2D eigenvalue weighted by atomic mass is 16.2. The molecule has 3 aromatic rings. The highest BCUT2D eigenvalue weighted by Gasteiger charge is 2.37. The van der Waals surface area contributed by atoms with Crippen LogP contribution in [-0.4, -0.2) is 17.6 Å². The van der Waals surface area contributed by atoms with E-state index in [9.17, 15) is 14.4 Å². The molecule has 0 saturated carbocycles. The first-order chi connectivity index (χ1) is 13.2. The monoisotopic (exact) mass is 372 g/mol.